The Hall–Kier alpha value is -0.820. The number of likely N-dealkylation sites (tertiary alicyclic amines) is 1. The molecule has 0 N–H and O–H groups in total. The number of benzene rings is 1. The van der Waals surface area contributed by atoms with Crippen LogP contribution in [0.5, 0.6) is 0 Å². The van der Waals surface area contributed by atoms with E-state index in [0.717, 1.165) is 6.54 Å². The van der Waals surface area contributed by atoms with Crippen LogP contribution in [0.15, 0.2) is 24.3 Å². The molecule has 1 heteroatoms. The first-order chi connectivity index (χ1) is 5.95. The van der Waals surface area contributed by atoms with Crippen molar-refractivity contribution in [1.29, 1.82) is 0 Å². The summed E-state index contributed by atoms with van der Waals surface area (Å²) >= 11 is 0. The van der Waals surface area contributed by atoms with Gasteiger partial charge in [-0.2, -0.15) is 0 Å². The van der Waals surface area contributed by atoms with Crippen LogP contribution in [0.3, 0.4) is 0 Å². The van der Waals surface area contributed by atoms with Crippen molar-refractivity contribution in [1.82, 2.24) is 4.90 Å². The second kappa shape index (κ2) is 3.72. The monoisotopic (exact) mass is 160 g/mol. The van der Waals surface area contributed by atoms with Gasteiger partial charge < -0.3 is 0 Å². The summed E-state index contributed by atoms with van der Waals surface area (Å²) in [4.78, 5) is 2.51. The molecule has 1 heterocycles. The van der Waals surface area contributed by atoms with Crippen molar-refractivity contribution < 1.29 is 0 Å². The van der Waals surface area contributed by atoms with Crippen molar-refractivity contribution >= 4 is 0 Å². The van der Waals surface area contributed by atoms with Crippen LogP contribution in [-0.2, 0) is 6.54 Å². The molecule has 0 aliphatic carbocycles. The second-order valence-corrected chi connectivity index (χ2v) is 3.39. The Morgan fingerprint density at radius 3 is 2.50 bits per heavy atom. The van der Waals surface area contributed by atoms with Gasteiger partial charge in [0.1, 0.15) is 0 Å². The Kier molecular flexibility index (Phi) is 2.42. The number of rotatable bonds is 2. The van der Waals surface area contributed by atoms with E-state index in [1.54, 1.807) is 0 Å². The lowest BCUT2D eigenvalue weighted by Gasteiger charge is -2.13. The summed E-state index contributed by atoms with van der Waals surface area (Å²) in [5.41, 5.74) is 1.41. The van der Waals surface area contributed by atoms with E-state index in [1.807, 2.05) is 12.1 Å². The minimum atomic E-state index is 1.12. The third-order valence-corrected chi connectivity index (χ3v) is 2.39. The van der Waals surface area contributed by atoms with Crippen LogP contribution in [0.25, 0.3) is 0 Å². The molecule has 0 aromatic heterocycles. The molecule has 12 heavy (non-hydrogen) atoms. The van der Waals surface area contributed by atoms with Crippen molar-refractivity contribution in [2.45, 2.75) is 19.4 Å². The molecule has 1 nitrogen and oxygen atoms in total. The average Bonchev–Trinajstić information content (AvgIpc) is 2.59. The molecule has 1 fully saturated rings. The summed E-state index contributed by atoms with van der Waals surface area (Å²) in [6, 6.07) is 11.3. The third kappa shape index (κ3) is 1.86. The zero-order valence-corrected chi connectivity index (χ0v) is 7.29. The van der Waals surface area contributed by atoms with E-state index in [4.69, 9.17) is 0 Å². The lowest BCUT2D eigenvalue weighted by molar-refractivity contribution is 0.331. The Morgan fingerprint density at radius 2 is 1.83 bits per heavy atom. The van der Waals surface area contributed by atoms with E-state index in [1.165, 1.54) is 31.5 Å². The Morgan fingerprint density at radius 1 is 1.17 bits per heavy atom. The molecule has 1 aliphatic heterocycles. The summed E-state index contributed by atoms with van der Waals surface area (Å²) in [7, 11) is 0. The highest BCUT2D eigenvalue weighted by Crippen LogP contribution is 2.11. The van der Waals surface area contributed by atoms with E-state index in [9.17, 15) is 0 Å². The Labute approximate surface area is 74.0 Å². The predicted octanol–water partition coefficient (Wildman–Crippen LogP) is 2.08. The van der Waals surface area contributed by atoms with Gasteiger partial charge in [-0.3, -0.25) is 4.90 Å². The van der Waals surface area contributed by atoms with E-state index in [0.29, 0.717) is 0 Å². The molecular formula is C11H14N. The summed E-state index contributed by atoms with van der Waals surface area (Å²) in [6.45, 7) is 3.67. The molecule has 63 valence electrons. The predicted molar refractivity (Wildman–Crippen MR) is 49.8 cm³/mol. The van der Waals surface area contributed by atoms with Gasteiger partial charge in [-0.25, -0.2) is 0 Å². The minimum Gasteiger partial charge on any atom is -0.299 e. The number of hydrogen-bond donors (Lipinski definition) is 0. The molecule has 0 bridgehead atoms. The van der Waals surface area contributed by atoms with Gasteiger partial charge in [-0.1, -0.05) is 24.3 Å². The van der Waals surface area contributed by atoms with Crippen LogP contribution in [0.2, 0.25) is 0 Å². The summed E-state index contributed by atoms with van der Waals surface area (Å²) in [5.74, 6) is 0. The SMILES string of the molecule is [c]1ccc(CN2CCCC2)cc1. The lowest BCUT2D eigenvalue weighted by Crippen LogP contribution is -2.18. The molecule has 1 aromatic rings. The highest BCUT2D eigenvalue weighted by Gasteiger charge is 2.10. The molecule has 1 saturated heterocycles. The third-order valence-electron chi connectivity index (χ3n) is 2.39. The fourth-order valence-corrected chi connectivity index (χ4v) is 1.73. The van der Waals surface area contributed by atoms with E-state index in [-0.39, 0.29) is 0 Å². The first-order valence-corrected chi connectivity index (χ1v) is 4.62. The van der Waals surface area contributed by atoms with Crippen molar-refractivity contribution in [2.75, 3.05) is 13.1 Å². The van der Waals surface area contributed by atoms with Gasteiger partial charge in [-0.15, -0.1) is 0 Å². The van der Waals surface area contributed by atoms with Crippen molar-refractivity contribution in [2.24, 2.45) is 0 Å². The number of nitrogens with zero attached hydrogens (tertiary/aromatic N) is 1. The quantitative estimate of drug-likeness (QED) is 0.640. The van der Waals surface area contributed by atoms with Gasteiger partial charge >= 0.3 is 0 Å². The zero-order valence-electron chi connectivity index (χ0n) is 7.29. The van der Waals surface area contributed by atoms with Crippen LogP contribution in [0.4, 0.5) is 0 Å². The largest absolute Gasteiger partial charge is 0.299 e. The van der Waals surface area contributed by atoms with Crippen LogP contribution in [0, 0.1) is 6.07 Å². The van der Waals surface area contributed by atoms with Crippen molar-refractivity contribution in [3.63, 3.8) is 0 Å². The Balaban J connectivity index is 1.94. The Bertz CT molecular complexity index is 224. The van der Waals surface area contributed by atoms with Crippen molar-refractivity contribution in [3.05, 3.63) is 35.9 Å². The molecule has 1 aliphatic rings. The highest BCUT2D eigenvalue weighted by atomic mass is 15.1. The molecule has 2 rings (SSSR count). The molecule has 0 spiro atoms. The maximum Gasteiger partial charge on any atom is 0.0233 e. The lowest BCUT2D eigenvalue weighted by atomic mass is 10.2. The summed E-state index contributed by atoms with van der Waals surface area (Å²) in [6.07, 6.45) is 2.75. The highest BCUT2D eigenvalue weighted by molar-refractivity contribution is 5.13. The fraction of sp³-hybridized carbons (Fsp3) is 0.455. The summed E-state index contributed by atoms with van der Waals surface area (Å²) in [5, 5.41) is 0. The molecule has 1 aromatic carbocycles. The maximum absolute atomic E-state index is 3.04. The molecule has 1 radical (unpaired) electrons. The van der Waals surface area contributed by atoms with Gasteiger partial charge in [-0.05, 0) is 37.6 Å². The van der Waals surface area contributed by atoms with E-state index in [2.05, 4.69) is 23.1 Å². The van der Waals surface area contributed by atoms with Gasteiger partial charge in [0.05, 0.1) is 0 Å². The first-order valence-electron chi connectivity index (χ1n) is 4.62. The van der Waals surface area contributed by atoms with E-state index >= 15 is 0 Å². The smallest absolute Gasteiger partial charge is 0.0233 e. The van der Waals surface area contributed by atoms with Crippen molar-refractivity contribution in [3.8, 4) is 0 Å². The minimum absolute atomic E-state index is 1.12. The molecule has 0 amide bonds. The standard InChI is InChI=1S/C11H14N/c1-2-6-11(7-3-1)10-12-8-4-5-9-12/h2-3,6-7H,4-5,8-10H2. The normalized spacial score (nSPS) is 18.3. The summed E-state index contributed by atoms with van der Waals surface area (Å²) < 4.78 is 0. The molecular weight excluding hydrogens is 146 g/mol. The van der Waals surface area contributed by atoms with Gasteiger partial charge in [0, 0.05) is 6.54 Å². The molecule has 0 atom stereocenters. The first kappa shape index (κ1) is 7.81. The van der Waals surface area contributed by atoms with Crippen LogP contribution < -0.4 is 0 Å². The maximum atomic E-state index is 3.04. The molecule has 0 saturated carbocycles. The van der Waals surface area contributed by atoms with Crippen LogP contribution in [-0.4, -0.2) is 18.0 Å². The fourth-order valence-electron chi connectivity index (χ4n) is 1.73. The van der Waals surface area contributed by atoms with Gasteiger partial charge in [0.25, 0.3) is 0 Å². The average molecular weight is 160 g/mol. The van der Waals surface area contributed by atoms with Gasteiger partial charge in [0.2, 0.25) is 0 Å². The van der Waals surface area contributed by atoms with E-state index < -0.39 is 0 Å². The van der Waals surface area contributed by atoms with Crippen LogP contribution in [0.1, 0.15) is 18.4 Å². The number of hydrogen-bond acceptors (Lipinski definition) is 1. The zero-order chi connectivity index (χ0) is 8.23. The second-order valence-electron chi connectivity index (χ2n) is 3.39. The van der Waals surface area contributed by atoms with Gasteiger partial charge in [0.15, 0.2) is 0 Å². The molecule has 0 unspecified atom stereocenters. The van der Waals surface area contributed by atoms with Crippen LogP contribution >= 0.6 is 0 Å². The topological polar surface area (TPSA) is 3.24 Å².